The van der Waals surface area contributed by atoms with Crippen LogP contribution in [0.1, 0.15) is 11.6 Å². The van der Waals surface area contributed by atoms with Gasteiger partial charge in [0.05, 0.1) is 0 Å². The van der Waals surface area contributed by atoms with Gasteiger partial charge in [-0.1, -0.05) is 0 Å². The molecule has 0 saturated carbocycles. The Kier molecular flexibility index (Phi) is 2.32. The third-order valence-corrected chi connectivity index (χ3v) is 6.80. The van der Waals surface area contributed by atoms with Gasteiger partial charge < -0.3 is 0 Å². The van der Waals surface area contributed by atoms with Gasteiger partial charge in [-0.3, -0.25) is 0 Å². The maximum absolute atomic E-state index is 5.56. The molecule has 0 aliphatic carbocycles. The Balaban J connectivity index is 3.13. The van der Waals surface area contributed by atoms with Gasteiger partial charge in [-0.15, -0.1) is 0 Å². The summed E-state index contributed by atoms with van der Waals surface area (Å²) in [5.74, 6) is 0.809. The summed E-state index contributed by atoms with van der Waals surface area (Å²) in [7, 11) is 0. The van der Waals surface area contributed by atoms with E-state index in [4.69, 9.17) is 4.42 Å². The molecule has 0 aliphatic rings. The molecule has 1 aromatic rings. The van der Waals surface area contributed by atoms with Crippen molar-refractivity contribution in [3.8, 4) is 0 Å². The van der Waals surface area contributed by atoms with Crippen molar-refractivity contribution in [1.29, 1.82) is 0 Å². The van der Waals surface area contributed by atoms with E-state index in [2.05, 4.69) is 19.8 Å². The number of hydrogen-bond donors (Lipinski definition) is 0. The number of oxazole rings is 1. The summed E-state index contributed by atoms with van der Waals surface area (Å²) in [5, 5.41) is 0. The van der Waals surface area contributed by atoms with Crippen LogP contribution >= 0.6 is 0 Å². The van der Waals surface area contributed by atoms with Crippen molar-refractivity contribution < 1.29 is 4.42 Å². The molecular formula is C8H15NOSn. The first-order valence-electron chi connectivity index (χ1n) is 3.86. The van der Waals surface area contributed by atoms with Crippen molar-refractivity contribution in [2.24, 2.45) is 0 Å². The van der Waals surface area contributed by atoms with Crippen LogP contribution in [0, 0.1) is 13.8 Å². The Hall–Kier alpha value is 0.00870. The van der Waals surface area contributed by atoms with Crippen LogP contribution in [0.2, 0.25) is 14.8 Å². The summed E-state index contributed by atoms with van der Waals surface area (Å²) in [6.07, 6.45) is 0. The quantitative estimate of drug-likeness (QED) is 0.720. The van der Waals surface area contributed by atoms with E-state index in [1.54, 1.807) is 0 Å². The van der Waals surface area contributed by atoms with E-state index in [1.807, 2.05) is 13.8 Å². The molecule has 0 bridgehead atoms. The van der Waals surface area contributed by atoms with Gasteiger partial charge in [-0.05, 0) is 0 Å². The Bertz CT molecular complexity index is 260. The van der Waals surface area contributed by atoms with Crippen LogP contribution < -0.4 is 3.78 Å². The molecule has 0 radical (unpaired) electrons. The van der Waals surface area contributed by atoms with Crippen LogP contribution in [0.4, 0.5) is 0 Å². The van der Waals surface area contributed by atoms with E-state index in [9.17, 15) is 0 Å². The van der Waals surface area contributed by atoms with Gasteiger partial charge in [0.2, 0.25) is 0 Å². The van der Waals surface area contributed by atoms with Crippen molar-refractivity contribution in [2.75, 3.05) is 0 Å². The van der Waals surface area contributed by atoms with E-state index < -0.39 is 18.4 Å². The maximum atomic E-state index is 5.56. The fourth-order valence-corrected chi connectivity index (χ4v) is 5.78. The SMILES string of the molecule is Cc1nc(C)[c]([Sn]([CH3])([CH3])[CH3])o1. The molecule has 0 aliphatic heterocycles. The fourth-order valence-electron chi connectivity index (χ4n) is 1.23. The van der Waals surface area contributed by atoms with E-state index in [1.165, 1.54) is 3.78 Å². The van der Waals surface area contributed by atoms with Crippen LogP contribution in [-0.4, -0.2) is 23.4 Å². The van der Waals surface area contributed by atoms with Crippen LogP contribution in [0.5, 0.6) is 0 Å². The Morgan fingerprint density at radius 1 is 1.18 bits per heavy atom. The second kappa shape index (κ2) is 2.81. The number of rotatable bonds is 1. The minimum atomic E-state index is -1.98. The number of aryl methyl sites for hydroxylation is 2. The normalized spacial score (nSPS) is 12.1. The third-order valence-electron chi connectivity index (χ3n) is 1.58. The first kappa shape index (κ1) is 9.10. The Morgan fingerprint density at radius 2 is 1.73 bits per heavy atom. The number of nitrogens with zero attached hydrogens (tertiary/aromatic N) is 1. The van der Waals surface area contributed by atoms with E-state index in [0.29, 0.717) is 0 Å². The van der Waals surface area contributed by atoms with Gasteiger partial charge in [0.15, 0.2) is 0 Å². The summed E-state index contributed by atoms with van der Waals surface area (Å²) < 4.78 is 6.77. The molecule has 3 heteroatoms. The van der Waals surface area contributed by atoms with Crippen LogP contribution in [0.3, 0.4) is 0 Å². The first-order valence-corrected chi connectivity index (χ1v) is 13.8. The first-order chi connectivity index (χ1) is 4.91. The zero-order valence-electron chi connectivity index (χ0n) is 7.86. The minimum absolute atomic E-state index is 0.809. The zero-order chi connectivity index (χ0) is 8.65. The zero-order valence-corrected chi connectivity index (χ0v) is 10.7. The molecule has 0 unspecified atom stereocenters. The van der Waals surface area contributed by atoms with Gasteiger partial charge in [0, 0.05) is 0 Å². The molecule has 1 heterocycles. The molecule has 0 amide bonds. The molecule has 62 valence electrons. The van der Waals surface area contributed by atoms with E-state index >= 15 is 0 Å². The van der Waals surface area contributed by atoms with E-state index in [0.717, 1.165) is 11.6 Å². The molecule has 11 heavy (non-hydrogen) atoms. The Morgan fingerprint density at radius 3 is 1.91 bits per heavy atom. The topological polar surface area (TPSA) is 26.0 Å². The molecule has 1 aromatic heterocycles. The second-order valence-corrected chi connectivity index (χ2v) is 18.0. The van der Waals surface area contributed by atoms with Crippen LogP contribution in [0.15, 0.2) is 4.42 Å². The molecule has 0 N–H and O–H groups in total. The van der Waals surface area contributed by atoms with Crippen molar-refractivity contribution in [1.82, 2.24) is 4.98 Å². The van der Waals surface area contributed by atoms with Gasteiger partial charge >= 0.3 is 71.8 Å². The van der Waals surface area contributed by atoms with Gasteiger partial charge in [-0.2, -0.15) is 0 Å². The monoisotopic (exact) mass is 261 g/mol. The third kappa shape index (κ3) is 1.98. The van der Waals surface area contributed by atoms with Crippen molar-refractivity contribution >= 4 is 22.2 Å². The van der Waals surface area contributed by atoms with Crippen molar-refractivity contribution in [3.63, 3.8) is 0 Å². The van der Waals surface area contributed by atoms with Gasteiger partial charge in [0.1, 0.15) is 0 Å². The molecule has 0 aromatic carbocycles. The predicted octanol–water partition coefficient (Wildman–Crippen LogP) is 1.84. The molecular weight excluding hydrogens is 245 g/mol. The van der Waals surface area contributed by atoms with E-state index in [-0.39, 0.29) is 0 Å². The molecule has 2 nitrogen and oxygen atoms in total. The molecule has 0 saturated heterocycles. The average Bonchev–Trinajstić information content (AvgIpc) is 2.08. The standard InChI is InChI=1S/C5H6NO.3CH3.Sn/c1-4-3-7-5(2)6-4;;;;/h1-2H3;3*1H3;. The summed E-state index contributed by atoms with van der Waals surface area (Å²) in [6.45, 7) is 3.95. The predicted molar refractivity (Wildman–Crippen MR) is 49.0 cm³/mol. The molecule has 0 atom stereocenters. The van der Waals surface area contributed by atoms with Crippen LogP contribution in [0.25, 0.3) is 0 Å². The average molecular weight is 260 g/mol. The molecule has 0 spiro atoms. The van der Waals surface area contributed by atoms with Crippen molar-refractivity contribution in [3.05, 3.63) is 11.6 Å². The van der Waals surface area contributed by atoms with Crippen LogP contribution in [-0.2, 0) is 0 Å². The summed E-state index contributed by atoms with van der Waals surface area (Å²) in [6, 6.07) is 0. The fraction of sp³-hybridized carbons (Fsp3) is 0.625. The van der Waals surface area contributed by atoms with Gasteiger partial charge in [0.25, 0.3) is 0 Å². The molecule has 0 fully saturated rings. The molecule has 1 rings (SSSR count). The number of hydrogen-bond acceptors (Lipinski definition) is 2. The second-order valence-electron chi connectivity index (χ2n) is 3.90. The summed E-state index contributed by atoms with van der Waals surface area (Å²) >= 11 is -1.98. The van der Waals surface area contributed by atoms with Gasteiger partial charge in [-0.25, -0.2) is 0 Å². The summed E-state index contributed by atoms with van der Waals surface area (Å²) in [4.78, 5) is 11.3. The summed E-state index contributed by atoms with van der Waals surface area (Å²) in [5.41, 5.74) is 1.10. The number of aromatic nitrogens is 1. The van der Waals surface area contributed by atoms with Crippen molar-refractivity contribution in [2.45, 2.75) is 28.7 Å². The Labute approximate surface area is 71.9 Å².